The summed E-state index contributed by atoms with van der Waals surface area (Å²) in [6.07, 6.45) is 6.01. The van der Waals surface area contributed by atoms with Gasteiger partial charge in [-0.2, -0.15) is 0 Å². The maximum absolute atomic E-state index is 12.8. The zero-order valence-corrected chi connectivity index (χ0v) is 12.4. The molecule has 0 radical (unpaired) electrons. The van der Waals surface area contributed by atoms with E-state index < -0.39 is 5.54 Å². The monoisotopic (exact) mass is 292 g/mol. The fraction of sp³-hybridized carbons (Fsp3) is 0.562. The van der Waals surface area contributed by atoms with Crippen LogP contribution in [0.3, 0.4) is 0 Å². The fourth-order valence-corrected chi connectivity index (χ4v) is 3.17. The van der Waals surface area contributed by atoms with Gasteiger partial charge < -0.3 is 10.6 Å². The molecule has 0 atom stereocenters. The predicted molar refractivity (Wildman–Crippen MR) is 80.4 cm³/mol. The lowest BCUT2D eigenvalue weighted by Gasteiger charge is -2.32. The molecule has 2 N–H and O–H groups in total. The number of hydrogen-bond acceptors (Lipinski definition) is 2. The first-order valence-corrected chi connectivity index (χ1v) is 7.81. The molecule has 1 aromatic carbocycles. The third-order valence-electron chi connectivity index (χ3n) is 4.44. The number of hydrogen-bond donors (Lipinski definition) is 1. The molecule has 0 bridgehead atoms. The first-order chi connectivity index (χ1) is 9.58. The molecule has 2 saturated carbocycles. The first kappa shape index (κ1) is 13.9. The summed E-state index contributed by atoms with van der Waals surface area (Å²) in [5, 5.41) is 0.726. The van der Waals surface area contributed by atoms with E-state index >= 15 is 0 Å². The number of carbonyl (C=O) groups excluding carboxylic acids is 1. The molecule has 3 rings (SSSR count). The Labute approximate surface area is 125 Å². The average Bonchev–Trinajstić information content (AvgIpc) is 3.19. The molecule has 0 spiro atoms. The Morgan fingerprint density at radius 3 is 2.40 bits per heavy atom. The molecule has 0 unspecified atom stereocenters. The van der Waals surface area contributed by atoms with Crippen molar-refractivity contribution in [3.63, 3.8) is 0 Å². The normalized spacial score (nSPS) is 20.9. The van der Waals surface area contributed by atoms with Crippen molar-refractivity contribution in [3.8, 4) is 0 Å². The van der Waals surface area contributed by atoms with Gasteiger partial charge in [0.25, 0.3) is 0 Å². The Hall–Kier alpha value is -1.06. The molecular formula is C16H21ClN2O. The van der Waals surface area contributed by atoms with Crippen LogP contribution in [0.2, 0.25) is 5.02 Å². The summed E-state index contributed by atoms with van der Waals surface area (Å²) in [6.45, 7) is 0.652. The highest BCUT2D eigenvalue weighted by Crippen LogP contribution is 2.35. The smallest absolute Gasteiger partial charge is 0.243 e. The van der Waals surface area contributed by atoms with Crippen LogP contribution in [-0.2, 0) is 11.3 Å². The number of nitrogens with zero attached hydrogens (tertiary/aromatic N) is 1. The Kier molecular flexibility index (Phi) is 3.74. The minimum Gasteiger partial charge on any atom is -0.334 e. The molecule has 2 aliphatic rings. The summed E-state index contributed by atoms with van der Waals surface area (Å²) in [5.74, 6) is 0.146. The van der Waals surface area contributed by atoms with E-state index in [4.69, 9.17) is 17.3 Å². The molecule has 20 heavy (non-hydrogen) atoms. The van der Waals surface area contributed by atoms with Gasteiger partial charge in [-0.05, 0) is 43.4 Å². The lowest BCUT2D eigenvalue weighted by atomic mass is 9.96. The van der Waals surface area contributed by atoms with Crippen LogP contribution < -0.4 is 5.73 Å². The highest BCUT2D eigenvalue weighted by atomic mass is 35.5. The van der Waals surface area contributed by atoms with Crippen LogP contribution in [0.5, 0.6) is 0 Å². The summed E-state index contributed by atoms with van der Waals surface area (Å²) in [5.41, 5.74) is 6.84. The molecule has 1 aromatic rings. The Bertz CT molecular complexity index is 490. The predicted octanol–water partition coefficient (Wildman–Crippen LogP) is 3.10. The van der Waals surface area contributed by atoms with Crippen molar-refractivity contribution in [1.82, 2.24) is 4.90 Å². The van der Waals surface area contributed by atoms with Crippen molar-refractivity contribution in [2.75, 3.05) is 0 Å². The highest BCUT2D eigenvalue weighted by molar-refractivity contribution is 6.30. The standard InChI is InChI=1S/C16H21ClN2O/c17-13-5-3-12(4-6-13)11-19(14-7-8-14)15(20)16(18)9-1-2-10-16/h3-6,14H,1-2,7-11,18H2. The lowest BCUT2D eigenvalue weighted by molar-refractivity contribution is -0.138. The summed E-state index contributed by atoms with van der Waals surface area (Å²) in [4.78, 5) is 14.8. The van der Waals surface area contributed by atoms with Gasteiger partial charge in [0.1, 0.15) is 0 Å². The van der Waals surface area contributed by atoms with Gasteiger partial charge in [-0.15, -0.1) is 0 Å². The van der Waals surface area contributed by atoms with Gasteiger partial charge in [0.2, 0.25) is 5.91 Å². The second-order valence-corrected chi connectivity index (χ2v) is 6.59. The first-order valence-electron chi connectivity index (χ1n) is 7.43. The van der Waals surface area contributed by atoms with E-state index in [1.165, 1.54) is 0 Å². The molecule has 0 aromatic heterocycles. The number of rotatable bonds is 4. The van der Waals surface area contributed by atoms with Crippen LogP contribution in [0.4, 0.5) is 0 Å². The third kappa shape index (κ3) is 2.84. The highest BCUT2D eigenvalue weighted by Gasteiger charge is 2.44. The van der Waals surface area contributed by atoms with Crippen molar-refractivity contribution in [3.05, 3.63) is 34.9 Å². The van der Waals surface area contributed by atoms with Crippen LogP contribution in [-0.4, -0.2) is 22.4 Å². The molecule has 3 nitrogen and oxygen atoms in total. The fourth-order valence-electron chi connectivity index (χ4n) is 3.05. The largest absolute Gasteiger partial charge is 0.334 e. The summed E-state index contributed by atoms with van der Waals surface area (Å²) in [7, 11) is 0. The Morgan fingerprint density at radius 2 is 1.85 bits per heavy atom. The van der Waals surface area contributed by atoms with Crippen molar-refractivity contribution in [2.45, 2.75) is 56.7 Å². The number of carbonyl (C=O) groups is 1. The number of nitrogens with two attached hydrogens (primary N) is 1. The van der Waals surface area contributed by atoms with Crippen LogP contribution >= 0.6 is 11.6 Å². The summed E-state index contributed by atoms with van der Waals surface area (Å²) < 4.78 is 0. The van der Waals surface area contributed by atoms with Gasteiger partial charge in [0, 0.05) is 17.6 Å². The maximum atomic E-state index is 12.8. The van der Waals surface area contributed by atoms with Crippen molar-refractivity contribution < 1.29 is 4.79 Å². The molecule has 0 saturated heterocycles. The molecular weight excluding hydrogens is 272 g/mol. The zero-order valence-electron chi connectivity index (χ0n) is 11.6. The van der Waals surface area contributed by atoms with E-state index in [-0.39, 0.29) is 5.91 Å². The van der Waals surface area contributed by atoms with Crippen LogP contribution in [0.1, 0.15) is 44.1 Å². The van der Waals surface area contributed by atoms with Gasteiger partial charge in [0.05, 0.1) is 5.54 Å². The SMILES string of the molecule is NC1(C(=O)N(Cc2ccc(Cl)cc2)C2CC2)CCCC1. The zero-order chi connectivity index (χ0) is 14.2. The van der Waals surface area contributed by atoms with Crippen LogP contribution in [0.15, 0.2) is 24.3 Å². The quantitative estimate of drug-likeness (QED) is 0.927. The topological polar surface area (TPSA) is 46.3 Å². The summed E-state index contributed by atoms with van der Waals surface area (Å²) in [6, 6.07) is 8.12. The Balaban J connectivity index is 1.75. The number of halogens is 1. The van der Waals surface area contributed by atoms with Crippen LogP contribution in [0, 0.1) is 0 Å². The van der Waals surface area contributed by atoms with E-state index in [0.717, 1.165) is 49.1 Å². The van der Waals surface area contributed by atoms with Gasteiger partial charge in [-0.3, -0.25) is 4.79 Å². The van der Waals surface area contributed by atoms with Gasteiger partial charge >= 0.3 is 0 Å². The number of benzene rings is 1. The minimum absolute atomic E-state index is 0.146. The van der Waals surface area contributed by atoms with Gasteiger partial charge in [-0.25, -0.2) is 0 Å². The van der Waals surface area contributed by atoms with Crippen molar-refractivity contribution in [2.24, 2.45) is 5.73 Å². The molecule has 0 aliphatic heterocycles. The Morgan fingerprint density at radius 1 is 1.25 bits per heavy atom. The third-order valence-corrected chi connectivity index (χ3v) is 4.69. The molecule has 2 aliphatic carbocycles. The van der Waals surface area contributed by atoms with Crippen LogP contribution in [0.25, 0.3) is 0 Å². The maximum Gasteiger partial charge on any atom is 0.243 e. The van der Waals surface area contributed by atoms with E-state index in [1.54, 1.807) is 0 Å². The second kappa shape index (κ2) is 5.38. The molecule has 2 fully saturated rings. The molecule has 4 heteroatoms. The van der Waals surface area contributed by atoms with Crippen molar-refractivity contribution >= 4 is 17.5 Å². The van der Waals surface area contributed by atoms with E-state index in [2.05, 4.69) is 0 Å². The molecule has 108 valence electrons. The van der Waals surface area contributed by atoms with E-state index in [0.29, 0.717) is 12.6 Å². The minimum atomic E-state index is -0.616. The average molecular weight is 293 g/mol. The van der Waals surface area contributed by atoms with E-state index in [1.807, 2.05) is 29.2 Å². The molecule has 1 amide bonds. The summed E-state index contributed by atoms with van der Waals surface area (Å²) >= 11 is 5.91. The van der Waals surface area contributed by atoms with Crippen molar-refractivity contribution in [1.29, 1.82) is 0 Å². The van der Waals surface area contributed by atoms with Gasteiger partial charge in [0.15, 0.2) is 0 Å². The van der Waals surface area contributed by atoms with Gasteiger partial charge in [-0.1, -0.05) is 36.6 Å². The number of amides is 1. The molecule has 0 heterocycles. The lowest BCUT2D eigenvalue weighted by Crippen LogP contribution is -2.54. The second-order valence-electron chi connectivity index (χ2n) is 6.15. The van der Waals surface area contributed by atoms with E-state index in [9.17, 15) is 4.79 Å².